The lowest BCUT2D eigenvalue weighted by Crippen LogP contribution is -2.04. The zero-order valence-corrected chi connectivity index (χ0v) is 11.0. The molecule has 98 valence electrons. The normalized spacial score (nSPS) is 10.0. The number of hydrogen-bond acceptors (Lipinski definition) is 4. The summed E-state index contributed by atoms with van der Waals surface area (Å²) >= 11 is 0. The standard InChI is InChI=1S/C15H16N2O2/c1-11-14(4-3-9-16-11)17-10-12-5-7-13(8-6-12)15(18)19-2/h3-9,17H,10H2,1-2H3. The van der Waals surface area contributed by atoms with Crippen LogP contribution >= 0.6 is 0 Å². The fourth-order valence-corrected chi connectivity index (χ4v) is 1.74. The fourth-order valence-electron chi connectivity index (χ4n) is 1.74. The van der Waals surface area contributed by atoms with E-state index in [1.807, 2.05) is 31.2 Å². The van der Waals surface area contributed by atoms with E-state index in [1.165, 1.54) is 7.11 Å². The molecule has 0 atom stereocenters. The van der Waals surface area contributed by atoms with Gasteiger partial charge in [0, 0.05) is 12.7 Å². The summed E-state index contributed by atoms with van der Waals surface area (Å²) in [4.78, 5) is 15.5. The molecule has 4 nitrogen and oxygen atoms in total. The summed E-state index contributed by atoms with van der Waals surface area (Å²) in [5, 5.41) is 3.31. The van der Waals surface area contributed by atoms with E-state index in [0.29, 0.717) is 12.1 Å². The zero-order chi connectivity index (χ0) is 13.7. The summed E-state index contributed by atoms with van der Waals surface area (Å²) in [7, 11) is 1.38. The van der Waals surface area contributed by atoms with Gasteiger partial charge < -0.3 is 10.1 Å². The topological polar surface area (TPSA) is 51.2 Å². The molecule has 0 fully saturated rings. The number of nitrogens with one attached hydrogen (secondary N) is 1. The molecule has 0 aliphatic rings. The summed E-state index contributed by atoms with van der Waals surface area (Å²) < 4.78 is 4.66. The fraction of sp³-hybridized carbons (Fsp3) is 0.200. The third kappa shape index (κ3) is 3.31. The molecule has 0 unspecified atom stereocenters. The van der Waals surface area contributed by atoms with Gasteiger partial charge >= 0.3 is 5.97 Å². The average Bonchev–Trinajstić information content (AvgIpc) is 2.46. The number of aromatic nitrogens is 1. The molecule has 19 heavy (non-hydrogen) atoms. The second kappa shape index (κ2) is 6.00. The number of benzene rings is 1. The van der Waals surface area contributed by atoms with Gasteiger partial charge in [0.2, 0.25) is 0 Å². The lowest BCUT2D eigenvalue weighted by Gasteiger charge is -2.08. The highest BCUT2D eigenvalue weighted by Gasteiger charge is 2.04. The quantitative estimate of drug-likeness (QED) is 0.855. The summed E-state index contributed by atoms with van der Waals surface area (Å²) in [6.07, 6.45) is 1.77. The Labute approximate surface area is 112 Å². The molecular formula is C15H16N2O2. The number of anilines is 1. The van der Waals surface area contributed by atoms with Crippen molar-refractivity contribution in [3.8, 4) is 0 Å². The Bertz CT molecular complexity index is 565. The molecule has 0 aliphatic heterocycles. The number of aryl methyl sites for hydroxylation is 1. The molecular weight excluding hydrogens is 240 g/mol. The molecule has 1 aromatic heterocycles. The highest BCUT2D eigenvalue weighted by molar-refractivity contribution is 5.89. The molecule has 0 bridgehead atoms. The average molecular weight is 256 g/mol. The van der Waals surface area contributed by atoms with E-state index < -0.39 is 0 Å². The van der Waals surface area contributed by atoms with Crippen LogP contribution in [-0.4, -0.2) is 18.1 Å². The van der Waals surface area contributed by atoms with Crippen molar-refractivity contribution in [2.45, 2.75) is 13.5 Å². The van der Waals surface area contributed by atoms with Crippen LogP contribution < -0.4 is 5.32 Å². The van der Waals surface area contributed by atoms with Gasteiger partial charge in [-0.25, -0.2) is 4.79 Å². The van der Waals surface area contributed by atoms with Crippen molar-refractivity contribution in [3.63, 3.8) is 0 Å². The Kier molecular flexibility index (Phi) is 4.13. The van der Waals surface area contributed by atoms with Crippen molar-refractivity contribution in [1.29, 1.82) is 0 Å². The minimum absolute atomic E-state index is 0.317. The minimum Gasteiger partial charge on any atom is -0.465 e. The van der Waals surface area contributed by atoms with Crippen LogP contribution in [0.3, 0.4) is 0 Å². The second-order valence-electron chi connectivity index (χ2n) is 4.18. The smallest absolute Gasteiger partial charge is 0.337 e. The summed E-state index contributed by atoms with van der Waals surface area (Å²) in [5.41, 5.74) is 3.63. The second-order valence-corrected chi connectivity index (χ2v) is 4.18. The van der Waals surface area contributed by atoms with Crippen LogP contribution in [0.25, 0.3) is 0 Å². The van der Waals surface area contributed by atoms with Crippen LogP contribution in [0.1, 0.15) is 21.6 Å². The first-order chi connectivity index (χ1) is 9.20. The Balaban J connectivity index is 2.01. The van der Waals surface area contributed by atoms with Gasteiger partial charge in [-0.2, -0.15) is 0 Å². The van der Waals surface area contributed by atoms with Gasteiger partial charge in [0.1, 0.15) is 0 Å². The Morgan fingerprint density at radius 3 is 2.63 bits per heavy atom. The van der Waals surface area contributed by atoms with E-state index in [1.54, 1.807) is 18.3 Å². The van der Waals surface area contributed by atoms with Crippen LogP contribution in [0, 0.1) is 6.92 Å². The maximum Gasteiger partial charge on any atom is 0.337 e. The van der Waals surface area contributed by atoms with E-state index in [0.717, 1.165) is 16.9 Å². The molecule has 0 aliphatic carbocycles. The number of hydrogen-bond donors (Lipinski definition) is 1. The Morgan fingerprint density at radius 1 is 1.26 bits per heavy atom. The lowest BCUT2D eigenvalue weighted by molar-refractivity contribution is 0.0600. The molecule has 1 aromatic carbocycles. The SMILES string of the molecule is COC(=O)c1ccc(CNc2cccnc2C)cc1. The van der Waals surface area contributed by atoms with Crippen molar-refractivity contribution < 1.29 is 9.53 Å². The molecule has 0 saturated heterocycles. The summed E-state index contributed by atoms with van der Waals surface area (Å²) in [5.74, 6) is -0.317. The molecule has 0 spiro atoms. The lowest BCUT2D eigenvalue weighted by atomic mass is 10.1. The van der Waals surface area contributed by atoms with Crippen LogP contribution in [0.2, 0.25) is 0 Å². The van der Waals surface area contributed by atoms with Gasteiger partial charge in [-0.1, -0.05) is 12.1 Å². The summed E-state index contributed by atoms with van der Waals surface area (Å²) in [6, 6.07) is 11.2. The first-order valence-electron chi connectivity index (χ1n) is 6.03. The highest BCUT2D eigenvalue weighted by Crippen LogP contribution is 2.13. The minimum atomic E-state index is -0.317. The maximum atomic E-state index is 11.3. The van der Waals surface area contributed by atoms with Crippen molar-refractivity contribution >= 4 is 11.7 Å². The number of esters is 1. The molecule has 1 N–H and O–H groups in total. The van der Waals surface area contributed by atoms with E-state index >= 15 is 0 Å². The monoisotopic (exact) mass is 256 g/mol. The first kappa shape index (κ1) is 13.1. The molecule has 1 heterocycles. The largest absolute Gasteiger partial charge is 0.465 e. The van der Waals surface area contributed by atoms with Crippen LogP contribution in [0.5, 0.6) is 0 Å². The van der Waals surface area contributed by atoms with Gasteiger partial charge in [-0.3, -0.25) is 4.98 Å². The van der Waals surface area contributed by atoms with Crippen molar-refractivity contribution in [3.05, 3.63) is 59.4 Å². The molecule has 0 saturated carbocycles. The number of carbonyl (C=O) groups is 1. The van der Waals surface area contributed by atoms with Crippen LogP contribution in [0.15, 0.2) is 42.6 Å². The van der Waals surface area contributed by atoms with E-state index in [9.17, 15) is 4.79 Å². The summed E-state index contributed by atoms with van der Waals surface area (Å²) in [6.45, 7) is 2.65. The Morgan fingerprint density at radius 2 is 2.00 bits per heavy atom. The van der Waals surface area contributed by atoms with Gasteiger partial charge in [-0.15, -0.1) is 0 Å². The van der Waals surface area contributed by atoms with Gasteiger partial charge in [0.25, 0.3) is 0 Å². The van der Waals surface area contributed by atoms with Crippen molar-refractivity contribution in [1.82, 2.24) is 4.98 Å². The number of methoxy groups -OCH3 is 1. The third-order valence-corrected chi connectivity index (χ3v) is 2.86. The molecule has 4 heteroatoms. The molecule has 0 radical (unpaired) electrons. The van der Waals surface area contributed by atoms with E-state index in [4.69, 9.17) is 0 Å². The molecule has 2 aromatic rings. The highest BCUT2D eigenvalue weighted by atomic mass is 16.5. The Hall–Kier alpha value is -2.36. The number of pyridine rings is 1. The number of nitrogens with zero attached hydrogens (tertiary/aromatic N) is 1. The number of ether oxygens (including phenoxy) is 1. The zero-order valence-electron chi connectivity index (χ0n) is 11.0. The van der Waals surface area contributed by atoms with Crippen LogP contribution in [-0.2, 0) is 11.3 Å². The van der Waals surface area contributed by atoms with Gasteiger partial charge in [-0.05, 0) is 36.8 Å². The van der Waals surface area contributed by atoms with Gasteiger partial charge in [0.15, 0.2) is 0 Å². The molecule has 2 rings (SSSR count). The van der Waals surface area contributed by atoms with Crippen molar-refractivity contribution in [2.24, 2.45) is 0 Å². The van der Waals surface area contributed by atoms with E-state index in [2.05, 4.69) is 15.0 Å². The van der Waals surface area contributed by atoms with E-state index in [-0.39, 0.29) is 5.97 Å². The molecule has 0 amide bonds. The van der Waals surface area contributed by atoms with Gasteiger partial charge in [0.05, 0.1) is 24.1 Å². The van der Waals surface area contributed by atoms with Crippen LogP contribution in [0.4, 0.5) is 5.69 Å². The first-order valence-corrected chi connectivity index (χ1v) is 6.03. The predicted octanol–water partition coefficient (Wildman–Crippen LogP) is 2.79. The van der Waals surface area contributed by atoms with Crippen molar-refractivity contribution in [2.75, 3.05) is 12.4 Å². The third-order valence-electron chi connectivity index (χ3n) is 2.86. The predicted molar refractivity (Wildman–Crippen MR) is 74.1 cm³/mol. The number of carbonyl (C=O) groups excluding carboxylic acids is 1. The number of rotatable bonds is 4. The maximum absolute atomic E-state index is 11.3.